The van der Waals surface area contributed by atoms with Crippen molar-refractivity contribution in [2.75, 3.05) is 7.11 Å². The summed E-state index contributed by atoms with van der Waals surface area (Å²) in [7, 11) is 1.51. The summed E-state index contributed by atoms with van der Waals surface area (Å²) in [5.41, 5.74) is -0.410. The van der Waals surface area contributed by atoms with Crippen LogP contribution in [0.1, 0.15) is 6.42 Å². The zero-order chi connectivity index (χ0) is 12.1. The van der Waals surface area contributed by atoms with Gasteiger partial charge in [-0.05, 0) is 12.1 Å². The van der Waals surface area contributed by atoms with E-state index in [0.29, 0.717) is 17.0 Å². The van der Waals surface area contributed by atoms with Gasteiger partial charge in [-0.15, -0.1) is 0 Å². The van der Waals surface area contributed by atoms with Crippen molar-refractivity contribution in [3.8, 4) is 0 Å². The highest BCUT2D eigenvalue weighted by molar-refractivity contribution is 5.34. The first-order valence-corrected chi connectivity index (χ1v) is 5.40. The number of methoxy groups -OCH3 is 1. The van der Waals surface area contributed by atoms with Crippen LogP contribution in [0.2, 0.25) is 0 Å². The first-order chi connectivity index (χ1) is 8.27. The number of ether oxygens (including phenoxy) is 1. The molecule has 2 rings (SSSR count). The Balaban J connectivity index is 2.29. The van der Waals surface area contributed by atoms with Crippen LogP contribution in [0.25, 0.3) is 0 Å². The van der Waals surface area contributed by atoms with Crippen LogP contribution < -0.4 is 0 Å². The van der Waals surface area contributed by atoms with Crippen molar-refractivity contribution >= 4 is 5.69 Å². The third-order valence-electron chi connectivity index (χ3n) is 2.65. The lowest BCUT2D eigenvalue weighted by molar-refractivity contribution is -0.644. The first kappa shape index (κ1) is 11.5. The van der Waals surface area contributed by atoms with Crippen molar-refractivity contribution < 1.29 is 9.60 Å². The average molecular weight is 230 g/mol. The van der Waals surface area contributed by atoms with Crippen LogP contribution in [0.3, 0.4) is 0 Å². The summed E-state index contributed by atoms with van der Waals surface area (Å²) in [4.78, 5) is 0.613. The van der Waals surface area contributed by atoms with E-state index in [0.717, 1.165) is 0 Å². The fourth-order valence-corrected chi connectivity index (χ4v) is 1.64. The lowest BCUT2D eigenvalue weighted by Crippen LogP contribution is -2.38. The number of rotatable bonds is 3. The Labute approximate surface area is 100 Å². The van der Waals surface area contributed by atoms with E-state index in [-0.39, 0.29) is 0 Å². The normalized spacial score (nSPS) is 23.9. The van der Waals surface area contributed by atoms with E-state index < -0.39 is 5.72 Å². The lowest BCUT2D eigenvalue weighted by atomic mass is 10.1. The van der Waals surface area contributed by atoms with E-state index in [4.69, 9.17) is 4.74 Å². The number of hydrogen-bond acceptors (Lipinski definition) is 3. The predicted octanol–water partition coefficient (Wildman–Crippen LogP) is 3.14. The minimum atomic E-state index is -1.02. The van der Waals surface area contributed by atoms with Crippen LogP contribution in [0.5, 0.6) is 0 Å². The van der Waals surface area contributed by atoms with Gasteiger partial charge in [-0.3, -0.25) is 0 Å². The average Bonchev–Trinajstić information content (AvgIpc) is 2.40. The molecule has 0 heterocycles. The molecule has 0 fully saturated rings. The second kappa shape index (κ2) is 4.93. The Morgan fingerprint density at radius 2 is 2.06 bits per heavy atom. The molecular formula is C13H14N2O2. The Hall–Kier alpha value is -1.94. The molecule has 88 valence electrons. The second-order valence-electron chi connectivity index (χ2n) is 3.75. The van der Waals surface area contributed by atoms with E-state index in [1.165, 1.54) is 7.11 Å². The number of nitrogens with zero attached hydrogens (tertiary/aromatic N) is 2. The largest absolute Gasteiger partial charge is 0.597 e. The van der Waals surface area contributed by atoms with Crippen LogP contribution >= 0.6 is 0 Å². The maximum Gasteiger partial charge on any atom is 0.326 e. The predicted molar refractivity (Wildman–Crippen MR) is 64.8 cm³/mol. The van der Waals surface area contributed by atoms with Gasteiger partial charge in [0.1, 0.15) is 5.69 Å². The molecule has 1 aliphatic carbocycles. The number of azo groups is 1. The van der Waals surface area contributed by atoms with Crippen molar-refractivity contribution in [2.45, 2.75) is 12.1 Å². The maximum atomic E-state index is 12.1. The van der Waals surface area contributed by atoms with Gasteiger partial charge in [0.2, 0.25) is 0 Å². The molecule has 0 N–H and O–H groups in total. The third-order valence-corrected chi connectivity index (χ3v) is 2.65. The van der Waals surface area contributed by atoms with Gasteiger partial charge in [0.15, 0.2) is 0 Å². The van der Waals surface area contributed by atoms with Crippen molar-refractivity contribution in [2.24, 2.45) is 5.11 Å². The maximum absolute atomic E-state index is 12.1. The molecule has 1 aliphatic rings. The molecule has 1 atom stereocenters. The summed E-state index contributed by atoms with van der Waals surface area (Å²) in [5, 5.41) is 16.1. The van der Waals surface area contributed by atoms with Gasteiger partial charge in [0.25, 0.3) is 0 Å². The zero-order valence-corrected chi connectivity index (χ0v) is 9.61. The number of hydrogen-bond donors (Lipinski definition) is 0. The molecule has 17 heavy (non-hydrogen) atoms. The van der Waals surface area contributed by atoms with Gasteiger partial charge in [-0.1, -0.05) is 41.3 Å². The molecule has 0 radical (unpaired) electrons. The molecule has 4 heteroatoms. The van der Waals surface area contributed by atoms with E-state index in [1.807, 2.05) is 30.4 Å². The van der Waals surface area contributed by atoms with E-state index >= 15 is 0 Å². The van der Waals surface area contributed by atoms with Gasteiger partial charge in [0, 0.05) is 18.3 Å². The summed E-state index contributed by atoms with van der Waals surface area (Å²) in [6.07, 6.45) is 7.76. The summed E-state index contributed by atoms with van der Waals surface area (Å²) in [6.45, 7) is 0. The zero-order valence-electron chi connectivity index (χ0n) is 9.61. The van der Waals surface area contributed by atoms with Gasteiger partial charge < -0.3 is 9.94 Å². The highest BCUT2D eigenvalue weighted by Crippen LogP contribution is 2.24. The Kier molecular flexibility index (Phi) is 3.35. The van der Waals surface area contributed by atoms with Crippen molar-refractivity contribution in [3.05, 3.63) is 59.8 Å². The second-order valence-corrected chi connectivity index (χ2v) is 3.75. The minimum absolute atomic E-state index is 0.486. The van der Waals surface area contributed by atoms with Gasteiger partial charge >= 0.3 is 5.72 Å². The summed E-state index contributed by atoms with van der Waals surface area (Å²) < 4.78 is 5.29. The Morgan fingerprint density at radius 1 is 1.29 bits per heavy atom. The van der Waals surface area contributed by atoms with Gasteiger partial charge in [-0.2, -0.15) is 0 Å². The summed E-state index contributed by atoms with van der Waals surface area (Å²) in [5.74, 6) is 0. The minimum Gasteiger partial charge on any atom is -0.597 e. The molecule has 0 bridgehead atoms. The quantitative estimate of drug-likeness (QED) is 0.346. The molecule has 1 aromatic carbocycles. The lowest BCUT2D eigenvalue weighted by Gasteiger charge is -2.24. The molecule has 0 aromatic heterocycles. The van der Waals surface area contributed by atoms with E-state index in [9.17, 15) is 5.21 Å². The molecule has 0 amide bonds. The smallest absolute Gasteiger partial charge is 0.326 e. The van der Waals surface area contributed by atoms with Crippen LogP contribution in [0, 0.1) is 5.21 Å². The monoisotopic (exact) mass is 230 g/mol. The molecule has 0 aliphatic heterocycles. The van der Waals surface area contributed by atoms with Crippen LogP contribution in [0.4, 0.5) is 5.69 Å². The van der Waals surface area contributed by atoms with Crippen LogP contribution in [0.15, 0.2) is 59.8 Å². The van der Waals surface area contributed by atoms with Crippen LogP contribution in [-0.2, 0) is 4.74 Å². The fourth-order valence-electron chi connectivity index (χ4n) is 1.64. The number of allylic oxidation sites excluding steroid dienone is 2. The summed E-state index contributed by atoms with van der Waals surface area (Å²) >= 11 is 0. The molecule has 1 aromatic rings. The third kappa shape index (κ3) is 2.42. The van der Waals surface area contributed by atoms with E-state index in [1.54, 1.807) is 24.3 Å². The van der Waals surface area contributed by atoms with Gasteiger partial charge in [-0.25, -0.2) is 0 Å². The molecule has 4 nitrogen and oxygen atoms in total. The SMILES string of the molecule is COC1([N+]([O-])=Nc2ccccc2)C=CC=CC1. The van der Waals surface area contributed by atoms with Crippen LogP contribution in [-0.4, -0.2) is 17.7 Å². The van der Waals surface area contributed by atoms with Crippen molar-refractivity contribution in [1.82, 2.24) is 0 Å². The van der Waals surface area contributed by atoms with Gasteiger partial charge in [0.05, 0.1) is 6.42 Å². The highest BCUT2D eigenvalue weighted by atomic mass is 16.6. The van der Waals surface area contributed by atoms with E-state index in [2.05, 4.69) is 5.11 Å². The molecule has 1 unspecified atom stereocenters. The van der Waals surface area contributed by atoms with Crippen molar-refractivity contribution in [1.29, 1.82) is 0 Å². The molecule has 0 spiro atoms. The fraction of sp³-hybridized carbons (Fsp3) is 0.231. The molecule has 0 saturated carbocycles. The topological polar surface area (TPSA) is 47.7 Å². The summed E-state index contributed by atoms with van der Waals surface area (Å²) in [6, 6.07) is 9.10. The molecular weight excluding hydrogens is 216 g/mol. The number of benzene rings is 1. The van der Waals surface area contributed by atoms with Crippen molar-refractivity contribution in [3.63, 3.8) is 0 Å². The Morgan fingerprint density at radius 3 is 2.65 bits per heavy atom. The highest BCUT2D eigenvalue weighted by Gasteiger charge is 2.37. The number of hydroxylamine groups is 1. The molecule has 0 saturated heterocycles. The first-order valence-electron chi connectivity index (χ1n) is 5.40. The standard InChI is InChI=1S/C13H14N2O2/c1-17-13(10-6-3-7-11-13)15(16)14-12-8-4-2-5-9-12/h2-10H,11H2,1H3. The Bertz CT molecular complexity index is 466.